The molecule has 2 atom stereocenters. The van der Waals surface area contributed by atoms with Gasteiger partial charge in [0.05, 0.1) is 12.6 Å². The van der Waals surface area contributed by atoms with Gasteiger partial charge in [-0.25, -0.2) is 0 Å². The number of carbonyl (C=O) groups is 1. The standard InChI is InChI=1S/C17H26N2O2/c1-4-13(2)19(9-10-21-3)17(20)16-11-14-7-5-6-8-15(14)12-18-16/h5-8,13,16,18H,4,9-12H2,1-3H3/t13?,16-/m0/s1. The number of nitrogens with one attached hydrogen (secondary N) is 1. The van der Waals surface area contributed by atoms with Gasteiger partial charge < -0.3 is 15.0 Å². The summed E-state index contributed by atoms with van der Waals surface area (Å²) >= 11 is 0. The second-order valence-corrected chi connectivity index (χ2v) is 5.69. The first-order valence-corrected chi connectivity index (χ1v) is 7.77. The average molecular weight is 290 g/mol. The van der Waals surface area contributed by atoms with Gasteiger partial charge in [-0.15, -0.1) is 0 Å². The van der Waals surface area contributed by atoms with Gasteiger partial charge in [0.25, 0.3) is 0 Å². The topological polar surface area (TPSA) is 41.6 Å². The summed E-state index contributed by atoms with van der Waals surface area (Å²) < 4.78 is 5.15. The minimum absolute atomic E-state index is 0.120. The molecule has 4 nitrogen and oxygen atoms in total. The molecule has 0 saturated heterocycles. The molecule has 0 aromatic heterocycles. The highest BCUT2D eigenvalue weighted by Gasteiger charge is 2.29. The quantitative estimate of drug-likeness (QED) is 0.871. The van der Waals surface area contributed by atoms with Crippen LogP contribution in [0.1, 0.15) is 31.4 Å². The molecular formula is C17H26N2O2. The van der Waals surface area contributed by atoms with Gasteiger partial charge in [-0.1, -0.05) is 31.2 Å². The van der Waals surface area contributed by atoms with Crippen LogP contribution in [0.5, 0.6) is 0 Å². The van der Waals surface area contributed by atoms with Gasteiger partial charge in [0.1, 0.15) is 0 Å². The molecule has 1 amide bonds. The van der Waals surface area contributed by atoms with E-state index in [9.17, 15) is 4.79 Å². The second kappa shape index (κ2) is 7.57. The Morgan fingerprint density at radius 2 is 2.14 bits per heavy atom. The molecule has 1 aliphatic heterocycles. The molecule has 0 aliphatic carbocycles. The summed E-state index contributed by atoms with van der Waals surface area (Å²) in [6, 6.07) is 8.47. The van der Waals surface area contributed by atoms with Gasteiger partial charge in [0, 0.05) is 26.2 Å². The van der Waals surface area contributed by atoms with E-state index in [1.54, 1.807) is 7.11 Å². The van der Waals surface area contributed by atoms with Crippen molar-refractivity contribution in [2.45, 2.75) is 45.3 Å². The van der Waals surface area contributed by atoms with Gasteiger partial charge in [0.2, 0.25) is 5.91 Å². The number of fused-ring (bicyclic) bond motifs is 1. The number of rotatable bonds is 6. The highest BCUT2D eigenvalue weighted by Crippen LogP contribution is 2.18. The van der Waals surface area contributed by atoms with Crippen molar-refractivity contribution < 1.29 is 9.53 Å². The number of methoxy groups -OCH3 is 1. The fourth-order valence-corrected chi connectivity index (χ4v) is 2.79. The lowest BCUT2D eigenvalue weighted by molar-refractivity contribution is -0.136. The minimum Gasteiger partial charge on any atom is -0.383 e. The molecule has 0 spiro atoms. The van der Waals surface area contributed by atoms with E-state index in [4.69, 9.17) is 4.74 Å². The van der Waals surface area contributed by atoms with E-state index in [0.717, 1.165) is 19.4 Å². The lowest BCUT2D eigenvalue weighted by Crippen LogP contribution is -2.52. The van der Waals surface area contributed by atoms with Crippen molar-refractivity contribution in [1.29, 1.82) is 0 Å². The summed E-state index contributed by atoms with van der Waals surface area (Å²) in [5.41, 5.74) is 2.58. The maximum Gasteiger partial charge on any atom is 0.240 e. The van der Waals surface area contributed by atoms with E-state index < -0.39 is 0 Å². The second-order valence-electron chi connectivity index (χ2n) is 5.69. The van der Waals surface area contributed by atoms with Crippen molar-refractivity contribution in [3.8, 4) is 0 Å². The van der Waals surface area contributed by atoms with Crippen molar-refractivity contribution in [3.63, 3.8) is 0 Å². The third-order valence-corrected chi connectivity index (χ3v) is 4.32. The number of hydrogen-bond donors (Lipinski definition) is 1. The minimum atomic E-state index is -0.120. The van der Waals surface area contributed by atoms with Gasteiger partial charge >= 0.3 is 0 Å². The number of ether oxygens (including phenoxy) is 1. The van der Waals surface area contributed by atoms with Crippen LogP contribution in [0.2, 0.25) is 0 Å². The Balaban J connectivity index is 2.07. The van der Waals surface area contributed by atoms with Gasteiger partial charge in [-0.2, -0.15) is 0 Å². The molecule has 0 fully saturated rings. The third kappa shape index (κ3) is 3.83. The third-order valence-electron chi connectivity index (χ3n) is 4.32. The van der Waals surface area contributed by atoms with Gasteiger partial charge in [-0.05, 0) is 30.9 Å². The Morgan fingerprint density at radius 1 is 1.43 bits per heavy atom. The number of amides is 1. The Bertz CT molecular complexity index is 476. The van der Waals surface area contributed by atoms with Crippen LogP contribution in [0.3, 0.4) is 0 Å². The van der Waals surface area contributed by atoms with E-state index in [1.807, 2.05) is 17.0 Å². The Labute approximate surface area is 127 Å². The van der Waals surface area contributed by atoms with E-state index in [0.29, 0.717) is 13.2 Å². The number of benzene rings is 1. The molecule has 1 aromatic rings. The molecule has 0 saturated carbocycles. The molecule has 1 aliphatic rings. The molecule has 0 radical (unpaired) electrons. The lowest BCUT2D eigenvalue weighted by atomic mass is 9.95. The van der Waals surface area contributed by atoms with Crippen LogP contribution in [0.25, 0.3) is 0 Å². The van der Waals surface area contributed by atoms with Crippen LogP contribution < -0.4 is 5.32 Å². The zero-order valence-electron chi connectivity index (χ0n) is 13.3. The largest absolute Gasteiger partial charge is 0.383 e. The molecule has 2 rings (SSSR count). The number of nitrogens with zero attached hydrogens (tertiary/aromatic N) is 1. The highest BCUT2D eigenvalue weighted by molar-refractivity contribution is 5.83. The molecule has 1 aromatic carbocycles. The maximum atomic E-state index is 12.8. The summed E-state index contributed by atoms with van der Waals surface area (Å²) in [5.74, 6) is 0.191. The van der Waals surface area contributed by atoms with E-state index in [1.165, 1.54) is 11.1 Å². The zero-order valence-corrected chi connectivity index (χ0v) is 13.3. The summed E-state index contributed by atoms with van der Waals surface area (Å²) in [5, 5.41) is 3.38. The molecule has 0 bridgehead atoms. The average Bonchev–Trinajstić information content (AvgIpc) is 2.54. The molecule has 1 N–H and O–H groups in total. The van der Waals surface area contributed by atoms with Gasteiger partial charge in [-0.3, -0.25) is 4.79 Å². The SMILES string of the molecule is CCC(C)N(CCOC)C(=O)[C@@H]1Cc2ccccc2CN1. The molecule has 1 heterocycles. The summed E-state index contributed by atoms with van der Waals surface area (Å²) in [4.78, 5) is 14.8. The van der Waals surface area contributed by atoms with Crippen molar-refractivity contribution in [1.82, 2.24) is 10.2 Å². The first-order valence-electron chi connectivity index (χ1n) is 7.77. The van der Waals surface area contributed by atoms with Crippen molar-refractivity contribution >= 4 is 5.91 Å². The number of hydrogen-bond acceptors (Lipinski definition) is 3. The van der Waals surface area contributed by atoms with Crippen molar-refractivity contribution in [2.75, 3.05) is 20.3 Å². The monoisotopic (exact) mass is 290 g/mol. The summed E-state index contributed by atoms with van der Waals surface area (Å²) in [7, 11) is 1.67. The van der Waals surface area contributed by atoms with Crippen LogP contribution in [0.4, 0.5) is 0 Å². The van der Waals surface area contributed by atoms with Crippen LogP contribution in [-0.2, 0) is 22.5 Å². The Morgan fingerprint density at radius 3 is 2.81 bits per heavy atom. The predicted molar refractivity (Wildman–Crippen MR) is 84.1 cm³/mol. The van der Waals surface area contributed by atoms with Crippen LogP contribution in [0.15, 0.2) is 24.3 Å². The molecule has 4 heteroatoms. The van der Waals surface area contributed by atoms with Gasteiger partial charge in [0.15, 0.2) is 0 Å². The molecule has 21 heavy (non-hydrogen) atoms. The van der Waals surface area contributed by atoms with Crippen molar-refractivity contribution in [3.05, 3.63) is 35.4 Å². The Kier molecular flexibility index (Phi) is 5.76. The smallest absolute Gasteiger partial charge is 0.240 e. The number of carbonyl (C=O) groups excluding carboxylic acids is 1. The van der Waals surface area contributed by atoms with Crippen LogP contribution >= 0.6 is 0 Å². The fourth-order valence-electron chi connectivity index (χ4n) is 2.79. The first kappa shape index (κ1) is 16.0. The lowest BCUT2D eigenvalue weighted by Gasteiger charge is -2.34. The normalized spacial score (nSPS) is 18.9. The Hall–Kier alpha value is -1.39. The maximum absolute atomic E-state index is 12.8. The van der Waals surface area contributed by atoms with Crippen LogP contribution in [-0.4, -0.2) is 43.2 Å². The van der Waals surface area contributed by atoms with E-state index >= 15 is 0 Å². The molecule has 116 valence electrons. The van der Waals surface area contributed by atoms with E-state index in [-0.39, 0.29) is 18.0 Å². The van der Waals surface area contributed by atoms with E-state index in [2.05, 4.69) is 31.3 Å². The first-order chi connectivity index (χ1) is 10.2. The molecule has 1 unspecified atom stereocenters. The highest BCUT2D eigenvalue weighted by atomic mass is 16.5. The zero-order chi connectivity index (χ0) is 15.2. The van der Waals surface area contributed by atoms with Crippen LogP contribution in [0, 0.1) is 0 Å². The van der Waals surface area contributed by atoms with Crippen molar-refractivity contribution in [2.24, 2.45) is 0 Å². The molecular weight excluding hydrogens is 264 g/mol. The summed E-state index contributed by atoms with van der Waals surface area (Å²) in [6.45, 7) is 6.22. The fraction of sp³-hybridized carbons (Fsp3) is 0.588. The summed E-state index contributed by atoms with van der Waals surface area (Å²) in [6.07, 6.45) is 1.73. The predicted octanol–water partition coefficient (Wildman–Crippen LogP) is 1.97.